The molecule has 0 unspecified atom stereocenters. The Morgan fingerprint density at radius 2 is 2.07 bits per heavy atom. The maximum atomic E-state index is 12.7. The Bertz CT molecular complexity index is 792. The van der Waals surface area contributed by atoms with Gasteiger partial charge in [-0.05, 0) is 24.3 Å². The van der Waals surface area contributed by atoms with Crippen molar-refractivity contribution in [2.75, 3.05) is 19.6 Å². The van der Waals surface area contributed by atoms with Gasteiger partial charge in [-0.1, -0.05) is 0 Å². The largest absolute Gasteiger partial charge is 0.433 e. The van der Waals surface area contributed by atoms with E-state index < -0.39 is 6.61 Å². The number of fused-ring (bicyclic) bond motifs is 1. The first kappa shape index (κ1) is 20.0. The third kappa shape index (κ3) is 4.07. The fourth-order valence-electron chi connectivity index (χ4n) is 3.54. The number of nitrogens with one attached hydrogen (secondary N) is 1. The zero-order valence-electron chi connectivity index (χ0n) is 14.4. The number of likely N-dealkylation sites (tertiary alicyclic amines) is 1. The number of ether oxygens (including phenoxy) is 1. The lowest BCUT2D eigenvalue weighted by Crippen LogP contribution is -2.38. The second-order valence-electron chi connectivity index (χ2n) is 6.36. The minimum absolute atomic E-state index is 0. The highest BCUT2D eigenvalue weighted by Crippen LogP contribution is 2.32. The summed E-state index contributed by atoms with van der Waals surface area (Å²) in [6, 6.07) is 1.41. The summed E-state index contributed by atoms with van der Waals surface area (Å²) in [5.74, 6) is 1.92. The summed E-state index contributed by atoms with van der Waals surface area (Å²) in [7, 11) is 0. The molecule has 1 N–H and O–H groups in total. The molecule has 1 saturated heterocycles. The van der Waals surface area contributed by atoms with Gasteiger partial charge in [0.25, 0.3) is 5.91 Å². The van der Waals surface area contributed by atoms with E-state index in [0.717, 1.165) is 55.5 Å². The summed E-state index contributed by atoms with van der Waals surface area (Å²) in [6.07, 6.45) is 1.57. The van der Waals surface area contributed by atoms with Crippen molar-refractivity contribution in [3.8, 4) is 5.75 Å². The number of carbonyl (C=O) groups is 1. The van der Waals surface area contributed by atoms with Crippen LogP contribution in [-0.4, -0.2) is 51.8 Å². The maximum absolute atomic E-state index is 12.7. The van der Waals surface area contributed by atoms with Crippen LogP contribution in [0, 0.1) is 0 Å². The minimum atomic E-state index is -2.93. The molecule has 2 aliphatic heterocycles. The first-order chi connectivity index (χ1) is 12.6. The zero-order chi connectivity index (χ0) is 18.1. The van der Waals surface area contributed by atoms with Gasteiger partial charge in [-0.25, -0.2) is 0 Å². The molecule has 2 aliphatic rings. The summed E-state index contributed by atoms with van der Waals surface area (Å²) in [4.78, 5) is 14.6. The molecule has 0 radical (unpaired) electrons. The minimum Gasteiger partial charge on any atom is -0.433 e. The average molecular weight is 420 g/mol. The number of piperidine rings is 1. The lowest BCUT2D eigenvalue weighted by molar-refractivity contribution is -0.0499. The van der Waals surface area contributed by atoms with Crippen LogP contribution in [0.1, 0.15) is 40.1 Å². The standard InChI is InChI=1S/C16H19F2N5O2S.ClH/c17-16(18)25-11-3-8-26-13(11)15(24)22-5-1-10(2-6-22)14-21-20-12-9-19-4-7-23(12)14;/h3,8,10,16,19H,1-2,4-7,9H2;1H. The average Bonchev–Trinajstić information content (AvgIpc) is 3.27. The van der Waals surface area contributed by atoms with Gasteiger partial charge in [0.1, 0.15) is 22.3 Å². The molecule has 4 rings (SSSR count). The van der Waals surface area contributed by atoms with E-state index in [4.69, 9.17) is 0 Å². The molecule has 0 aromatic carbocycles. The van der Waals surface area contributed by atoms with Crippen molar-refractivity contribution in [1.82, 2.24) is 25.0 Å². The molecule has 2 aromatic rings. The number of hydrogen-bond acceptors (Lipinski definition) is 6. The fraction of sp³-hybridized carbons (Fsp3) is 0.562. The summed E-state index contributed by atoms with van der Waals surface area (Å²) < 4.78 is 31.6. The predicted octanol–water partition coefficient (Wildman–Crippen LogP) is 2.49. The summed E-state index contributed by atoms with van der Waals surface area (Å²) >= 11 is 1.13. The second-order valence-corrected chi connectivity index (χ2v) is 7.28. The van der Waals surface area contributed by atoms with Gasteiger partial charge in [0, 0.05) is 32.1 Å². The molecule has 0 atom stereocenters. The molecule has 27 heavy (non-hydrogen) atoms. The Morgan fingerprint density at radius 1 is 1.30 bits per heavy atom. The van der Waals surface area contributed by atoms with E-state index >= 15 is 0 Å². The number of rotatable bonds is 4. The van der Waals surface area contributed by atoms with Crippen LogP contribution in [0.25, 0.3) is 0 Å². The third-order valence-electron chi connectivity index (χ3n) is 4.84. The predicted molar refractivity (Wildman–Crippen MR) is 97.8 cm³/mol. The Hall–Kier alpha value is -1.78. The van der Waals surface area contributed by atoms with Gasteiger partial charge in [0.05, 0.1) is 6.54 Å². The van der Waals surface area contributed by atoms with Crippen LogP contribution >= 0.6 is 23.7 Å². The van der Waals surface area contributed by atoms with Crippen molar-refractivity contribution in [3.05, 3.63) is 28.0 Å². The molecule has 0 spiro atoms. The van der Waals surface area contributed by atoms with Crippen LogP contribution in [0.15, 0.2) is 11.4 Å². The number of amides is 1. The lowest BCUT2D eigenvalue weighted by Gasteiger charge is -2.32. The Labute approximate surface area is 165 Å². The molecule has 0 bridgehead atoms. The number of alkyl halides is 2. The van der Waals surface area contributed by atoms with Gasteiger partial charge in [-0.2, -0.15) is 8.78 Å². The molecule has 0 aliphatic carbocycles. The third-order valence-corrected chi connectivity index (χ3v) is 5.72. The fourth-order valence-corrected chi connectivity index (χ4v) is 4.33. The second kappa shape index (κ2) is 8.49. The molecule has 11 heteroatoms. The van der Waals surface area contributed by atoms with Crippen molar-refractivity contribution in [3.63, 3.8) is 0 Å². The molecular formula is C16H20ClF2N5O2S. The highest BCUT2D eigenvalue weighted by molar-refractivity contribution is 7.12. The number of aromatic nitrogens is 3. The van der Waals surface area contributed by atoms with E-state index in [1.165, 1.54) is 6.07 Å². The van der Waals surface area contributed by atoms with Crippen molar-refractivity contribution < 1.29 is 18.3 Å². The number of nitrogens with zero attached hydrogens (tertiary/aromatic N) is 4. The Balaban J connectivity index is 0.00000210. The van der Waals surface area contributed by atoms with Crippen molar-refractivity contribution in [2.24, 2.45) is 0 Å². The summed E-state index contributed by atoms with van der Waals surface area (Å²) in [5.41, 5.74) is 0. The zero-order valence-corrected chi connectivity index (χ0v) is 16.1. The number of carbonyl (C=O) groups excluding carboxylic acids is 1. The van der Waals surface area contributed by atoms with E-state index in [2.05, 4.69) is 24.8 Å². The monoisotopic (exact) mass is 419 g/mol. The van der Waals surface area contributed by atoms with Gasteiger partial charge < -0.3 is 19.5 Å². The molecule has 148 valence electrons. The van der Waals surface area contributed by atoms with Gasteiger partial charge in [-0.3, -0.25) is 4.79 Å². The lowest BCUT2D eigenvalue weighted by atomic mass is 9.95. The van der Waals surface area contributed by atoms with Crippen LogP contribution < -0.4 is 10.1 Å². The van der Waals surface area contributed by atoms with E-state index in [0.29, 0.717) is 13.1 Å². The molecule has 0 saturated carbocycles. The van der Waals surface area contributed by atoms with Crippen LogP contribution in [0.5, 0.6) is 5.75 Å². The SMILES string of the molecule is Cl.O=C(c1sccc1OC(F)F)N1CCC(c2nnc3n2CCNC3)CC1. The van der Waals surface area contributed by atoms with Gasteiger partial charge >= 0.3 is 6.61 Å². The highest BCUT2D eigenvalue weighted by atomic mass is 35.5. The molecule has 7 nitrogen and oxygen atoms in total. The number of hydrogen-bond donors (Lipinski definition) is 1. The first-order valence-corrected chi connectivity index (χ1v) is 9.45. The Morgan fingerprint density at radius 3 is 2.81 bits per heavy atom. The topological polar surface area (TPSA) is 72.3 Å². The van der Waals surface area contributed by atoms with Gasteiger partial charge in [0.2, 0.25) is 0 Å². The first-order valence-electron chi connectivity index (χ1n) is 8.57. The smallest absolute Gasteiger partial charge is 0.387 e. The maximum Gasteiger partial charge on any atom is 0.387 e. The highest BCUT2D eigenvalue weighted by Gasteiger charge is 2.30. The Kier molecular flexibility index (Phi) is 6.28. The van der Waals surface area contributed by atoms with Crippen molar-refractivity contribution >= 4 is 29.7 Å². The van der Waals surface area contributed by atoms with E-state index in [1.807, 2.05) is 0 Å². The normalized spacial score (nSPS) is 17.5. The van der Waals surface area contributed by atoms with E-state index in [9.17, 15) is 13.6 Å². The van der Waals surface area contributed by atoms with Crippen molar-refractivity contribution in [2.45, 2.75) is 38.5 Å². The van der Waals surface area contributed by atoms with Crippen LogP contribution in [-0.2, 0) is 13.1 Å². The molecular weight excluding hydrogens is 400 g/mol. The number of halogens is 3. The molecule has 1 fully saturated rings. The summed E-state index contributed by atoms with van der Waals surface area (Å²) in [6.45, 7) is 0.693. The van der Waals surface area contributed by atoms with E-state index in [1.54, 1.807) is 10.3 Å². The molecule has 2 aromatic heterocycles. The number of thiophene rings is 1. The van der Waals surface area contributed by atoms with Gasteiger partial charge in [-0.15, -0.1) is 33.9 Å². The van der Waals surface area contributed by atoms with Gasteiger partial charge in [0.15, 0.2) is 0 Å². The van der Waals surface area contributed by atoms with Crippen LogP contribution in [0.3, 0.4) is 0 Å². The van der Waals surface area contributed by atoms with Crippen LogP contribution in [0.2, 0.25) is 0 Å². The van der Waals surface area contributed by atoms with Crippen molar-refractivity contribution in [1.29, 1.82) is 0 Å². The molecule has 4 heterocycles. The quantitative estimate of drug-likeness (QED) is 0.824. The van der Waals surface area contributed by atoms with E-state index in [-0.39, 0.29) is 34.9 Å². The van der Waals surface area contributed by atoms with Crippen LogP contribution in [0.4, 0.5) is 8.78 Å². The molecule has 1 amide bonds. The summed E-state index contributed by atoms with van der Waals surface area (Å²) in [5, 5.41) is 13.5.